The van der Waals surface area contributed by atoms with Crippen molar-refractivity contribution in [2.45, 2.75) is 24.3 Å². The van der Waals surface area contributed by atoms with Crippen LogP contribution in [0.3, 0.4) is 0 Å². The largest absolute Gasteiger partial charge is 0.324 e. The van der Waals surface area contributed by atoms with Gasteiger partial charge >= 0.3 is 0 Å². The van der Waals surface area contributed by atoms with Crippen LogP contribution in [-0.4, -0.2) is 25.8 Å². The number of carbonyl (C=O) groups is 1. The molecule has 5 nitrogen and oxygen atoms in total. The number of hydrogen-bond acceptors (Lipinski definition) is 5. The second-order valence-electron chi connectivity index (χ2n) is 5.34. The molecule has 0 unspecified atom stereocenters. The summed E-state index contributed by atoms with van der Waals surface area (Å²) in [4.78, 5) is 11.6. The van der Waals surface area contributed by atoms with Gasteiger partial charge in [-0.3, -0.25) is 9.36 Å². The van der Waals surface area contributed by atoms with Crippen molar-refractivity contribution in [3.63, 3.8) is 0 Å². The summed E-state index contributed by atoms with van der Waals surface area (Å²) in [5, 5.41) is 12.3. The van der Waals surface area contributed by atoms with Crippen LogP contribution in [0, 0.1) is 0 Å². The number of thioether (sulfide) groups is 1. The molecular formula is C18H18N4OS. The molecule has 6 heteroatoms. The van der Waals surface area contributed by atoms with E-state index in [0.717, 1.165) is 11.4 Å². The van der Waals surface area contributed by atoms with Crippen molar-refractivity contribution >= 4 is 29.2 Å². The van der Waals surface area contributed by atoms with E-state index in [2.05, 4.69) is 15.5 Å². The third-order valence-corrected chi connectivity index (χ3v) is 4.69. The Morgan fingerprint density at radius 1 is 1.04 bits per heavy atom. The highest BCUT2D eigenvalue weighted by Crippen LogP contribution is 2.29. The zero-order valence-corrected chi connectivity index (χ0v) is 14.3. The lowest BCUT2D eigenvalue weighted by Gasteiger charge is -2.12. The lowest BCUT2D eigenvalue weighted by atomic mass is 10.3. The van der Waals surface area contributed by atoms with E-state index in [-0.39, 0.29) is 11.0 Å². The summed E-state index contributed by atoms with van der Waals surface area (Å²) in [5.74, 6) is 0.728. The number of nitrogens with one attached hydrogen (secondary N) is 1. The van der Waals surface area contributed by atoms with Gasteiger partial charge in [0.25, 0.3) is 0 Å². The number of rotatable bonds is 6. The molecule has 0 saturated heterocycles. The highest BCUT2D eigenvalue weighted by atomic mass is 32.2. The van der Waals surface area contributed by atoms with Crippen molar-refractivity contribution in [1.29, 1.82) is 0 Å². The Morgan fingerprint density at radius 3 is 2.29 bits per heavy atom. The van der Waals surface area contributed by atoms with Crippen LogP contribution in [0.25, 0.3) is 5.69 Å². The molecule has 1 aromatic heterocycles. The maximum atomic E-state index is 11.6. The Bertz CT molecular complexity index is 818. The van der Waals surface area contributed by atoms with Gasteiger partial charge in [-0.15, -0.1) is 10.2 Å². The molecule has 1 atom stereocenters. The molecule has 2 aromatic carbocycles. The molecule has 0 spiro atoms. The van der Waals surface area contributed by atoms with E-state index in [9.17, 15) is 4.79 Å². The summed E-state index contributed by atoms with van der Waals surface area (Å²) in [6.07, 6.45) is 0. The molecule has 1 N–H and O–H groups in total. The zero-order valence-electron chi connectivity index (χ0n) is 13.5. The minimum absolute atomic E-state index is 0.111. The molecule has 0 aliphatic carbocycles. The first-order valence-corrected chi connectivity index (χ1v) is 8.53. The normalized spacial score (nSPS) is 11.9. The van der Waals surface area contributed by atoms with E-state index in [1.165, 1.54) is 11.8 Å². The van der Waals surface area contributed by atoms with E-state index in [1.54, 1.807) is 6.92 Å². The van der Waals surface area contributed by atoms with Crippen LogP contribution in [-0.2, 0) is 4.79 Å². The van der Waals surface area contributed by atoms with E-state index < -0.39 is 0 Å². The molecule has 0 saturated carbocycles. The Labute approximate surface area is 145 Å². The van der Waals surface area contributed by atoms with Gasteiger partial charge in [-0.2, -0.15) is 0 Å². The molecule has 0 aliphatic heterocycles. The topological polar surface area (TPSA) is 59.8 Å². The summed E-state index contributed by atoms with van der Waals surface area (Å²) < 4.78 is 1.93. The van der Waals surface area contributed by atoms with Crippen LogP contribution in [0.5, 0.6) is 0 Å². The average Bonchev–Trinajstić information content (AvgIpc) is 2.98. The predicted molar refractivity (Wildman–Crippen MR) is 97.1 cm³/mol. The monoisotopic (exact) mass is 338 g/mol. The van der Waals surface area contributed by atoms with Gasteiger partial charge in [0.05, 0.1) is 10.9 Å². The summed E-state index contributed by atoms with van der Waals surface area (Å²) in [5.41, 5.74) is 1.87. The van der Waals surface area contributed by atoms with Crippen molar-refractivity contribution in [2.75, 3.05) is 5.32 Å². The first-order valence-electron chi connectivity index (χ1n) is 7.65. The van der Waals surface area contributed by atoms with E-state index in [0.29, 0.717) is 11.1 Å². The quantitative estimate of drug-likeness (QED) is 0.686. The summed E-state index contributed by atoms with van der Waals surface area (Å²) in [6, 6.07) is 19.7. The second kappa shape index (κ2) is 7.31. The number of aromatic nitrogens is 3. The number of para-hydroxylation sites is 2. The van der Waals surface area contributed by atoms with Crippen LogP contribution >= 0.6 is 11.8 Å². The highest BCUT2D eigenvalue weighted by Gasteiger charge is 2.19. The molecule has 0 radical (unpaired) electrons. The lowest BCUT2D eigenvalue weighted by Crippen LogP contribution is -2.10. The minimum atomic E-state index is -0.179. The van der Waals surface area contributed by atoms with Crippen molar-refractivity contribution in [1.82, 2.24) is 14.8 Å². The van der Waals surface area contributed by atoms with Gasteiger partial charge in [-0.05, 0) is 38.1 Å². The first-order chi connectivity index (χ1) is 11.6. The number of ketones is 1. The van der Waals surface area contributed by atoms with Gasteiger partial charge in [0.2, 0.25) is 5.95 Å². The molecule has 1 heterocycles. The van der Waals surface area contributed by atoms with Gasteiger partial charge in [-0.25, -0.2) is 0 Å². The molecule has 0 amide bonds. The summed E-state index contributed by atoms with van der Waals surface area (Å²) in [6.45, 7) is 3.46. The second-order valence-corrected chi connectivity index (χ2v) is 6.65. The van der Waals surface area contributed by atoms with Crippen molar-refractivity contribution in [3.8, 4) is 5.69 Å². The molecule has 24 heavy (non-hydrogen) atoms. The van der Waals surface area contributed by atoms with E-state index in [1.807, 2.05) is 72.2 Å². The van der Waals surface area contributed by atoms with E-state index >= 15 is 0 Å². The number of carbonyl (C=O) groups excluding carboxylic acids is 1. The maximum Gasteiger partial charge on any atom is 0.234 e. The third-order valence-electron chi connectivity index (χ3n) is 3.53. The number of Topliss-reactive ketones (excluding diaryl/α,β-unsaturated/α-hetero) is 1. The average molecular weight is 338 g/mol. The standard InChI is InChI=1S/C18H18N4OS/c1-13(23)14(2)24-18-21-20-17(19-15-9-5-3-6-10-15)22(18)16-11-7-4-8-12-16/h3-12,14H,1-2H3,(H,19,20)/t14-/m0/s1. The van der Waals surface area contributed by atoms with Crippen LogP contribution in [0.4, 0.5) is 11.6 Å². The van der Waals surface area contributed by atoms with Gasteiger partial charge in [0, 0.05) is 5.69 Å². The molecule has 0 aliphatic rings. The SMILES string of the molecule is CC(=O)[C@H](C)Sc1nnc(Nc2ccccc2)n1-c1ccccc1. The Balaban J connectivity index is 2.00. The van der Waals surface area contributed by atoms with Crippen molar-refractivity contribution in [2.24, 2.45) is 0 Å². The molecule has 0 bridgehead atoms. The zero-order chi connectivity index (χ0) is 16.9. The fraction of sp³-hybridized carbons (Fsp3) is 0.167. The van der Waals surface area contributed by atoms with Crippen molar-refractivity contribution in [3.05, 3.63) is 60.7 Å². The highest BCUT2D eigenvalue weighted by molar-refractivity contribution is 8.00. The number of nitrogens with zero attached hydrogens (tertiary/aromatic N) is 3. The Morgan fingerprint density at radius 2 is 1.67 bits per heavy atom. The minimum Gasteiger partial charge on any atom is -0.324 e. The molecular weight excluding hydrogens is 320 g/mol. The van der Waals surface area contributed by atoms with Gasteiger partial charge in [0.15, 0.2) is 5.16 Å². The van der Waals surface area contributed by atoms with Gasteiger partial charge in [0.1, 0.15) is 5.78 Å². The maximum absolute atomic E-state index is 11.6. The number of hydrogen-bond donors (Lipinski definition) is 1. The van der Waals surface area contributed by atoms with Crippen LogP contribution in [0.2, 0.25) is 0 Å². The molecule has 122 valence electrons. The first kappa shape index (κ1) is 16.3. The van der Waals surface area contributed by atoms with Crippen LogP contribution < -0.4 is 5.32 Å². The Kier molecular flexibility index (Phi) is 4.96. The Hall–Kier alpha value is -2.60. The van der Waals surface area contributed by atoms with Gasteiger partial charge in [-0.1, -0.05) is 48.2 Å². The number of anilines is 2. The van der Waals surface area contributed by atoms with Crippen LogP contribution in [0.1, 0.15) is 13.8 Å². The van der Waals surface area contributed by atoms with E-state index in [4.69, 9.17) is 0 Å². The predicted octanol–water partition coefficient (Wildman–Crippen LogP) is 4.08. The fourth-order valence-corrected chi connectivity index (χ4v) is 3.00. The third kappa shape index (κ3) is 3.65. The molecule has 3 rings (SSSR count). The molecule has 3 aromatic rings. The summed E-state index contributed by atoms with van der Waals surface area (Å²) in [7, 11) is 0. The smallest absolute Gasteiger partial charge is 0.234 e. The van der Waals surface area contributed by atoms with Gasteiger partial charge < -0.3 is 5.32 Å². The number of benzene rings is 2. The fourth-order valence-electron chi connectivity index (χ4n) is 2.13. The lowest BCUT2D eigenvalue weighted by molar-refractivity contribution is -0.116. The molecule has 0 fully saturated rings. The van der Waals surface area contributed by atoms with Crippen molar-refractivity contribution < 1.29 is 4.79 Å². The van der Waals surface area contributed by atoms with Crippen LogP contribution in [0.15, 0.2) is 65.8 Å². The summed E-state index contributed by atoms with van der Waals surface area (Å²) >= 11 is 1.40.